The fraction of sp³-hybridized carbons (Fsp3) is 0.143. The molecule has 0 aliphatic heterocycles. The molecule has 0 aliphatic carbocycles. The molecule has 0 atom stereocenters. The molecule has 0 bridgehead atoms. The maximum atomic E-state index is 9.00. The minimum absolute atomic E-state index is 0.833. The second kappa shape index (κ2) is 5.96. The van der Waals surface area contributed by atoms with E-state index in [-0.39, 0.29) is 0 Å². The van der Waals surface area contributed by atoms with E-state index in [9.17, 15) is 0 Å². The van der Waals surface area contributed by atoms with Crippen molar-refractivity contribution < 1.29 is 9.90 Å². The van der Waals surface area contributed by atoms with Crippen molar-refractivity contribution in [2.45, 2.75) is 6.92 Å². The van der Waals surface area contributed by atoms with Crippen LogP contribution in [0.5, 0.6) is 0 Å². The predicted octanol–water partition coefficient (Wildman–Crippen LogP) is -0.0337. The molecular weight excluding hydrogens is 137 g/mol. The van der Waals surface area contributed by atoms with Gasteiger partial charge in [0.1, 0.15) is 0 Å². The molecule has 1 aromatic rings. The molecule has 1 rings (SSSR count). The molecule has 0 amide bonds. The quantitative estimate of drug-likeness (QED) is 0.521. The van der Waals surface area contributed by atoms with Crippen molar-refractivity contribution in [2.24, 2.45) is 0 Å². The average molecular weight is 145 g/mol. The fourth-order valence-electron chi connectivity index (χ4n) is 0.448. The van der Waals surface area contributed by atoms with E-state index < -0.39 is 5.97 Å². The van der Waals surface area contributed by atoms with E-state index >= 15 is 0 Å². The summed E-state index contributed by atoms with van der Waals surface area (Å²) in [4.78, 5) is 13.0. The van der Waals surface area contributed by atoms with Crippen molar-refractivity contribution in [1.82, 2.24) is 4.98 Å². The SMILES string of the molecule is CC(=O)O.[Li][c]1ccccn1. The first-order chi connectivity index (χ1) is 5.13. The first kappa shape index (κ1) is 10.2. The minimum atomic E-state index is -0.833. The molecule has 0 fully saturated rings. The molecule has 1 aromatic heterocycles. The van der Waals surface area contributed by atoms with E-state index in [1.54, 1.807) is 6.20 Å². The molecule has 0 unspecified atom stereocenters. The molecular formula is C7H8LiNO2. The summed E-state index contributed by atoms with van der Waals surface area (Å²) in [6, 6.07) is 5.86. The van der Waals surface area contributed by atoms with Gasteiger partial charge in [0, 0.05) is 6.92 Å². The van der Waals surface area contributed by atoms with Gasteiger partial charge in [0.15, 0.2) is 0 Å². The third-order valence-electron chi connectivity index (χ3n) is 0.813. The van der Waals surface area contributed by atoms with Gasteiger partial charge >= 0.3 is 51.5 Å². The van der Waals surface area contributed by atoms with Gasteiger partial charge in [0.25, 0.3) is 5.97 Å². The summed E-state index contributed by atoms with van der Waals surface area (Å²) in [5.41, 5.74) is 0. The summed E-state index contributed by atoms with van der Waals surface area (Å²) < 4.78 is 1.07. The summed E-state index contributed by atoms with van der Waals surface area (Å²) in [5, 5.41) is 7.42. The van der Waals surface area contributed by atoms with Crippen molar-refractivity contribution in [2.75, 3.05) is 0 Å². The number of carbonyl (C=O) groups is 1. The molecule has 0 aliphatic rings. The fourth-order valence-corrected chi connectivity index (χ4v) is 0.448. The van der Waals surface area contributed by atoms with Crippen LogP contribution in [0.3, 0.4) is 0 Å². The van der Waals surface area contributed by atoms with E-state index in [1.807, 2.05) is 35.9 Å². The van der Waals surface area contributed by atoms with Crippen LogP contribution in [-0.2, 0) is 4.79 Å². The summed E-state index contributed by atoms with van der Waals surface area (Å²) >= 11 is 1.97. The van der Waals surface area contributed by atoms with Gasteiger partial charge in [-0.25, -0.2) is 0 Å². The zero-order chi connectivity index (χ0) is 8.69. The van der Waals surface area contributed by atoms with Crippen molar-refractivity contribution in [3.8, 4) is 0 Å². The van der Waals surface area contributed by atoms with E-state index in [2.05, 4.69) is 4.98 Å². The molecule has 3 nitrogen and oxygen atoms in total. The Hall–Kier alpha value is -0.783. The standard InChI is InChI=1S/C5H4N.C2H4O2.Li/c1-2-4-6-5-3-1;1-2(3)4;/h1-4H;1H3,(H,3,4);. The second-order valence-electron chi connectivity index (χ2n) is 1.99. The predicted molar refractivity (Wildman–Crippen MR) is 42.9 cm³/mol. The Bertz CT molecular complexity index is 209. The number of nitrogens with zero attached hydrogens (tertiary/aromatic N) is 1. The normalized spacial score (nSPS) is 7.91. The van der Waals surface area contributed by atoms with Crippen molar-refractivity contribution in [1.29, 1.82) is 0 Å². The molecule has 0 saturated heterocycles. The van der Waals surface area contributed by atoms with Crippen molar-refractivity contribution in [3.05, 3.63) is 24.4 Å². The molecule has 1 N–H and O–H groups in total. The molecule has 0 saturated carbocycles. The number of hydrogen-bond donors (Lipinski definition) is 1. The van der Waals surface area contributed by atoms with Gasteiger partial charge < -0.3 is 5.11 Å². The Morgan fingerprint density at radius 3 is 2.36 bits per heavy atom. The van der Waals surface area contributed by atoms with Crippen LogP contribution < -0.4 is 4.37 Å². The molecule has 0 spiro atoms. The third-order valence-corrected chi connectivity index (χ3v) is 0.813. The molecule has 4 heteroatoms. The number of hydrogen-bond acceptors (Lipinski definition) is 2. The summed E-state index contributed by atoms with van der Waals surface area (Å²) in [6.45, 7) is 1.08. The van der Waals surface area contributed by atoms with Gasteiger partial charge in [-0.2, -0.15) is 0 Å². The Kier molecular flexibility index (Phi) is 5.54. The molecule has 11 heavy (non-hydrogen) atoms. The zero-order valence-corrected chi connectivity index (χ0v) is 6.61. The van der Waals surface area contributed by atoms with E-state index in [4.69, 9.17) is 9.90 Å². The van der Waals surface area contributed by atoms with Gasteiger partial charge in [0.05, 0.1) is 0 Å². The third kappa shape index (κ3) is 9.22. The molecule has 0 radical (unpaired) electrons. The monoisotopic (exact) mass is 145 g/mol. The van der Waals surface area contributed by atoms with E-state index in [0.717, 1.165) is 11.3 Å². The van der Waals surface area contributed by atoms with Crippen LogP contribution in [0.1, 0.15) is 6.92 Å². The van der Waals surface area contributed by atoms with Gasteiger partial charge in [-0.15, -0.1) is 0 Å². The summed E-state index contributed by atoms with van der Waals surface area (Å²) in [6.07, 6.45) is 1.79. The maximum absolute atomic E-state index is 9.00. The van der Waals surface area contributed by atoms with Crippen LogP contribution >= 0.6 is 0 Å². The van der Waals surface area contributed by atoms with Gasteiger partial charge in [0.2, 0.25) is 0 Å². The number of carboxylic acids is 1. The molecule has 54 valence electrons. The van der Waals surface area contributed by atoms with Crippen LogP contribution in [0.15, 0.2) is 24.4 Å². The van der Waals surface area contributed by atoms with Crippen LogP contribution in [0, 0.1) is 0 Å². The summed E-state index contributed by atoms with van der Waals surface area (Å²) in [7, 11) is 0. The van der Waals surface area contributed by atoms with Crippen molar-refractivity contribution >= 4 is 28.1 Å². The number of carboxylic acid groups (broad SMARTS) is 1. The zero-order valence-electron chi connectivity index (χ0n) is 6.61. The Labute approximate surface area is 74.7 Å². The number of aromatic nitrogens is 1. The Balaban J connectivity index is 0.000000218. The number of rotatable bonds is 0. The Morgan fingerprint density at radius 2 is 2.18 bits per heavy atom. The number of pyridine rings is 1. The molecule has 1 heterocycles. The summed E-state index contributed by atoms with van der Waals surface area (Å²) in [5.74, 6) is -0.833. The van der Waals surface area contributed by atoms with Gasteiger partial charge in [-0.05, 0) is 0 Å². The van der Waals surface area contributed by atoms with E-state index in [1.165, 1.54) is 0 Å². The van der Waals surface area contributed by atoms with Crippen LogP contribution in [0.25, 0.3) is 0 Å². The average Bonchev–Trinajstić information content (AvgIpc) is 1.87. The van der Waals surface area contributed by atoms with Crippen LogP contribution in [0.2, 0.25) is 0 Å². The van der Waals surface area contributed by atoms with Gasteiger partial charge in [-0.1, -0.05) is 0 Å². The van der Waals surface area contributed by atoms with Gasteiger partial charge in [-0.3, -0.25) is 4.79 Å². The van der Waals surface area contributed by atoms with Crippen LogP contribution in [0.4, 0.5) is 0 Å². The first-order valence-electron chi connectivity index (χ1n) is 3.20. The van der Waals surface area contributed by atoms with Crippen molar-refractivity contribution in [3.63, 3.8) is 0 Å². The number of aliphatic carboxylic acids is 1. The Morgan fingerprint density at radius 1 is 1.64 bits per heavy atom. The second-order valence-corrected chi connectivity index (χ2v) is 1.99. The van der Waals surface area contributed by atoms with E-state index in [0.29, 0.717) is 0 Å². The van der Waals surface area contributed by atoms with Crippen LogP contribution in [-0.4, -0.2) is 33.8 Å². The molecule has 0 aromatic carbocycles. The first-order valence-corrected chi connectivity index (χ1v) is 3.20. The topological polar surface area (TPSA) is 50.2 Å².